The topological polar surface area (TPSA) is 98.8 Å². The highest BCUT2D eigenvalue weighted by Gasteiger charge is 2.12. The van der Waals surface area contributed by atoms with Crippen molar-refractivity contribution in [1.29, 1.82) is 0 Å². The molecule has 7 nitrogen and oxygen atoms in total. The molecule has 0 aliphatic rings. The largest absolute Gasteiger partial charge is 0.438 e. The van der Waals surface area contributed by atoms with Gasteiger partial charge in [0, 0.05) is 40.1 Å². The van der Waals surface area contributed by atoms with Gasteiger partial charge in [-0.05, 0) is 71.8 Å². The van der Waals surface area contributed by atoms with Gasteiger partial charge in [0.25, 0.3) is 0 Å². The van der Waals surface area contributed by atoms with Gasteiger partial charge in [-0.3, -0.25) is 0 Å². The molecular formula is C29H22N6OS. The second-order valence-corrected chi connectivity index (χ2v) is 9.37. The molecule has 0 atom stereocenters. The Kier molecular flexibility index (Phi) is 5.92. The van der Waals surface area contributed by atoms with Gasteiger partial charge in [0.15, 0.2) is 0 Å². The average Bonchev–Trinajstić information content (AvgIpc) is 3.36. The van der Waals surface area contributed by atoms with Gasteiger partial charge in [-0.25, -0.2) is 19.9 Å². The molecule has 0 saturated carbocycles. The summed E-state index contributed by atoms with van der Waals surface area (Å²) in [4.78, 5) is 18.6. The van der Waals surface area contributed by atoms with Crippen LogP contribution in [-0.2, 0) is 0 Å². The van der Waals surface area contributed by atoms with Crippen LogP contribution in [0.15, 0.2) is 96.8 Å². The molecule has 0 amide bonds. The van der Waals surface area contributed by atoms with E-state index in [1.807, 2.05) is 48.7 Å². The van der Waals surface area contributed by atoms with Gasteiger partial charge in [0.2, 0.25) is 11.8 Å². The van der Waals surface area contributed by atoms with E-state index >= 15 is 0 Å². The van der Waals surface area contributed by atoms with E-state index in [2.05, 4.69) is 56.8 Å². The van der Waals surface area contributed by atoms with E-state index in [0.717, 1.165) is 33.4 Å². The molecule has 180 valence electrons. The highest BCUT2D eigenvalue weighted by atomic mass is 32.1. The molecule has 0 radical (unpaired) electrons. The number of nitrogens with two attached hydrogens (primary N) is 1. The van der Waals surface area contributed by atoms with E-state index in [1.165, 1.54) is 10.4 Å². The molecule has 0 aliphatic carbocycles. The number of benzene rings is 2. The molecule has 0 unspecified atom stereocenters. The number of aryl methyl sites for hydroxylation is 1. The van der Waals surface area contributed by atoms with Gasteiger partial charge in [0.1, 0.15) is 11.6 Å². The van der Waals surface area contributed by atoms with Crippen molar-refractivity contribution in [3.63, 3.8) is 0 Å². The fourth-order valence-corrected chi connectivity index (χ4v) is 5.03. The standard InChI is InChI=1S/C29H22N6OS/c1-18-15-26(37-17-18)24-16-33-27(22-6-3-2-5-21(22)24)34-19-8-10-20(11-9-19)36-28-23(7-4-13-31-28)25-12-14-32-29(30)35-25/h2-17H,1H3,(H,33,34)(H2,30,32,35). The van der Waals surface area contributed by atoms with Crippen LogP contribution in [0.5, 0.6) is 11.6 Å². The van der Waals surface area contributed by atoms with E-state index in [9.17, 15) is 0 Å². The zero-order valence-electron chi connectivity index (χ0n) is 19.9. The Hall–Kier alpha value is -4.82. The van der Waals surface area contributed by atoms with Crippen LogP contribution in [0, 0.1) is 6.92 Å². The normalized spacial score (nSPS) is 10.9. The van der Waals surface area contributed by atoms with Crippen LogP contribution in [-0.4, -0.2) is 19.9 Å². The van der Waals surface area contributed by atoms with E-state index < -0.39 is 0 Å². The average molecular weight is 503 g/mol. The lowest BCUT2D eigenvalue weighted by Crippen LogP contribution is -1.98. The number of anilines is 3. The third-order valence-electron chi connectivity index (χ3n) is 5.84. The lowest BCUT2D eigenvalue weighted by atomic mass is 10.1. The van der Waals surface area contributed by atoms with Crippen LogP contribution in [0.3, 0.4) is 0 Å². The van der Waals surface area contributed by atoms with Crippen molar-refractivity contribution in [1.82, 2.24) is 19.9 Å². The Balaban J connectivity index is 1.26. The van der Waals surface area contributed by atoms with E-state index in [-0.39, 0.29) is 5.95 Å². The van der Waals surface area contributed by atoms with Gasteiger partial charge in [-0.2, -0.15) is 0 Å². The summed E-state index contributed by atoms with van der Waals surface area (Å²) in [6.07, 6.45) is 5.23. The summed E-state index contributed by atoms with van der Waals surface area (Å²) in [6.45, 7) is 2.11. The summed E-state index contributed by atoms with van der Waals surface area (Å²) >= 11 is 1.74. The van der Waals surface area contributed by atoms with Crippen LogP contribution in [0.4, 0.5) is 17.5 Å². The zero-order chi connectivity index (χ0) is 25.2. The Morgan fingerprint density at radius 1 is 0.838 bits per heavy atom. The maximum absolute atomic E-state index is 6.09. The first-order valence-corrected chi connectivity index (χ1v) is 12.5. The van der Waals surface area contributed by atoms with Crippen LogP contribution in [0.2, 0.25) is 0 Å². The fraction of sp³-hybridized carbons (Fsp3) is 0.0345. The van der Waals surface area contributed by atoms with Crippen LogP contribution in [0.25, 0.3) is 32.5 Å². The third-order valence-corrected chi connectivity index (χ3v) is 6.93. The first-order chi connectivity index (χ1) is 18.1. The molecule has 0 fully saturated rings. The highest BCUT2D eigenvalue weighted by molar-refractivity contribution is 7.13. The molecule has 6 aromatic rings. The van der Waals surface area contributed by atoms with Crippen LogP contribution in [0.1, 0.15) is 5.56 Å². The van der Waals surface area contributed by atoms with Gasteiger partial charge < -0.3 is 15.8 Å². The van der Waals surface area contributed by atoms with Crippen LogP contribution < -0.4 is 15.8 Å². The molecule has 2 aromatic carbocycles. The van der Waals surface area contributed by atoms with Crippen molar-refractivity contribution in [2.45, 2.75) is 6.92 Å². The fourth-order valence-electron chi connectivity index (χ4n) is 4.11. The number of rotatable bonds is 6. The first-order valence-electron chi connectivity index (χ1n) is 11.7. The molecule has 6 rings (SSSR count). The summed E-state index contributed by atoms with van der Waals surface area (Å²) < 4.78 is 6.09. The summed E-state index contributed by atoms with van der Waals surface area (Å²) in [7, 11) is 0. The smallest absolute Gasteiger partial charge is 0.228 e. The highest BCUT2D eigenvalue weighted by Crippen LogP contribution is 2.36. The molecule has 0 saturated heterocycles. The molecule has 4 heterocycles. The number of ether oxygens (including phenoxy) is 1. The van der Waals surface area contributed by atoms with Crippen molar-refractivity contribution in [3.8, 4) is 33.3 Å². The summed E-state index contributed by atoms with van der Waals surface area (Å²) in [5.41, 5.74) is 10.4. The quantitative estimate of drug-likeness (QED) is 0.248. The monoisotopic (exact) mass is 502 g/mol. The number of fused-ring (bicyclic) bond motifs is 1. The summed E-state index contributed by atoms with van der Waals surface area (Å²) in [6, 6.07) is 23.7. The van der Waals surface area contributed by atoms with Crippen molar-refractivity contribution >= 4 is 39.6 Å². The Morgan fingerprint density at radius 2 is 1.68 bits per heavy atom. The van der Waals surface area contributed by atoms with Crippen molar-refractivity contribution in [2.75, 3.05) is 11.1 Å². The number of pyridine rings is 2. The number of hydrogen-bond acceptors (Lipinski definition) is 8. The number of thiophene rings is 1. The maximum Gasteiger partial charge on any atom is 0.228 e. The minimum atomic E-state index is 0.197. The number of nitrogens with zero attached hydrogens (tertiary/aromatic N) is 4. The second kappa shape index (κ2) is 9.67. The Morgan fingerprint density at radius 3 is 2.46 bits per heavy atom. The van der Waals surface area contributed by atoms with Crippen LogP contribution >= 0.6 is 11.3 Å². The van der Waals surface area contributed by atoms with E-state index in [1.54, 1.807) is 29.8 Å². The van der Waals surface area contributed by atoms with E-state index in [0.29, 0.717) is 17.3 Å². The molecule has 0 spiro atoms. The number of aromatic nitrogens is 4. The molecule has 3 N–H and O–H groups in total. The van der Waals surface area contributed by atoms with Gasteiger partial charge in [-0.15, -0.1) is 11.3 Å². The molecular weight excluding hydrogens is 480 g/mol. The molecule has 8 heteroatoms. The predicted molar refractivity (Wildman–Crippen MR) is 149 cm³/mol. The van der Waals surface area contributed by atoms with Gasteiger partial charge in [-0.1, -0.05) is 24.3 Å². The van der Waals surface area contributed by atoms with Gasteiger partial charge in [0.05, 0.1) is 11.3 Å². The van der Waals surface area contributed by atoms with Gasteiger partial charge >= 0.3 is 0 Å². The summed E-state index contributed by atoms with van der Waals surface area (Å²) in [5, 5.41) is 7.84. The molecule has 0 bridgehead atoms. The zero-order valence-corrected chi connectivity index (χ0v) is 20.7. The lowest BCUT2D eigenvalue weighted by Gasteiger charge is -2.13. The Labute approximate surface area is 217 Å². The number of nitrogens with one attached hydrogen (secondary N) is 1. The second-order valence-electron chi connectivity index (χ2n) is 8.46. The minimum absolute atomic E-state index is 0.197. The predicted octanol–water partition coefficient (Wildman–Crippen LogP) is 7.24. The lowest BCUT2D eigenvalue weighted by molar-refractivity contribution is 0.465. The van der Waals surface area contributed by atoms with Crippen molar-refractivity contribution < 1.29 is 4.74 Å². The Bertz CT molecular complexity index is 1710. The number of hydrogen-bond donors (Lipinski definition) is 2. The van der Waals surface area contributed by atoms with Crippen molar-refractivity contribution in [2.24, 2.45) is 0 Å². The minimum Gasteiger partial charge on any atom is -0.438 e. The molecule has 37 heavy (non-hydrogen) atoms. The summed E-state index contributed by atoms with van der Waals surface area (Å²) in [5.74, 6) is 2.08. The third kappa shape index (κ3) is 4.70. The molecule has 0 aliphatic heterocycles. The maximum atomic E-state index is 6.09. The SMILES string of the molecule is Cc1csc(-c2cnc(Nc3ccc(Oc4ncccc4-c4ccnc(N)n4)cc3)c3ccccc23)c1. The molecule has 4 aromatic heterocycles. The van der Waals surface area contributed by atoms with Crippen molar-refractivity contribution in [3.05, 3.63) is 102 Å². The number of nitrogen functional groups attached to an aromatic ring is 1. The first kappa shape index (κ1) is 22.6. The van der Waals surface area contributed by atoms with E-state index in [4.69, 9.17) is 15.5 Å².